The highest BCUT2D eigenvalue weighted by Crippen LogP contribution is 2.37. The molecule has 1 rings (SSSR count). The molecule has 0 aliphatic rings. The summed E-state index contributed by atoms with van der Waals surface area (Å²) in [5, 5.41) is 0. The van der Waals surface area contributed by atoms with Crippen molar-refractivity contribution in [2.24, 2.45) is 5.73 Å². The number of pyridine rings is 1. The minimum Gasteiger partial charge on any atom is -0.756 e. The molecule has 1 amide bonds. The van der Waals surface area contributed by atoms with E-state index in [2.05, 4.69) is 6.92 Å². The Labute approximate surface area is 204 Å². The van der Waals surface area contributed by atoms with E-state index in [0.717, 1.165) is 13.0 Å². The molecule has 0 spiro atoms. The molecule has 1 aromatic rings. The highest BCUT2D eigenvalue weighted by molar-refractivity contribution is 7.45. The molecule has 10 heteroatoms. The second-order valence-electron chi connectivity index (χ2n) is 8.21. The molecule has 2 N–H and O–H groups in total. The molecule has 1 unspecified atom stereocenters. The van der Waals surface area contributed by atoms with Crippen LogP contribution in [0.1, 0.15) is 81.5 Å². The van der Waals surface area contributed by atoms with Gasteiger partial charge in [-0.1, -0.05) is 64.7 Å². The smallest absolute Gasteiger partial charge is 0.268 e. The van der Waals surface area contributed by atoms with Crippen LogP contribution >= 0.6 is 7.82 Å². The summed E-state index contributed by atoms with van der Waals surface area (Å²) in [7, 11) is -4.39. The van der Waals surface area contributed by atoms with Crippen LogP contribution in [0.5, 0.6) is 0 Å². The van der Waals surface area contributed by atoms with E-state index in [9.17, 15) is 14.3 Å². The molecule has 0 aliphatic carbocycles. The third-order valence-electron chi connectivity index (χ3n) is 5.27. The van der Waals surface area contributed by atoms with Crippen molar-refractivity contribution in [2.45, 2.75) is 77.7 Å². The maximum atomic E-state index is 11.8. The zero-order chi connectivity index (χ0) is 24.9. The normalized spacial score (nSPS) is 13.1. The largest absolute Gasteiger partial charge is 0.756 e. The molecule has 0 saturated heterocycles. The van der Waals surface area contributed by atoms with Crippen LogP contribution in [-0.4, -0.2) is 45.5 Å². The van der Waals surface area contributed by atoms with Crippen LogP contribution in [0.4, 0.5) is 0 Å². The van der Waals surface area contributed by atoms with Gasteiger partial charge in [0.1, 0.15) is 6.61 Å². The molecular weight excluding hydrogens is 459 g/mol. The molecule has 1 aromatic heterocycles. The molecule has 196 valence electrons. The van der Waals surface area contributed by atoms with Gasteiger partial charge in [0.15, 0.2) is 18.9 Å². The van der Waals surface area contributed by atoms with Gasteiger partial charge in [-0.3, -0.25) is 9.36 Å². The predicted molar refractivity (Wildman–Crippen MR) is 128 cm³/mol. The van der Waals surface area contributed by atoms with E-state index in [-0.39, 0.29) is 26.4 Å². The molecule has 0 aromatic carbocycles. The van der Waals surface area contributed by atoms with Crippen molar-refractivity contribution in [3.05, 3.63) is 30.1 Å². The number of phosphoric ester groups is 1. The van der Waals surface area contributed by atoms with Crippen LogP contribution in [0, 0.1) is 0 Å². The number of carbonyl (C=O) groups is 1. The van der Waals surface area contributed by atoms with Crippen molar-refractivity contribution in [3.63, 3.8) is 0 Å². The van der Waals surface area contributed by atoms with E-state index in [0.29, 0.717) is 18.8 Å². The maximum Gasteiger partial charge on any atom is 0.268 e. The van der Waals surface area contributed by atoms with Crippen LogP contribution in [0.15, 0.2) is 24.5 Å². The Balaban J connectivity index is 1.89. The van der Waals surface area contributed by atoms with Crippen molar-refractivity contribution in [1.82, 2.24) is 0 Å². The minimum atomic E-state index is -4.39. The van der Waals surface area contributed by atoms with E-state index in [1.54, 1.807) is 29.1 Å². The van der Waals surface area contributed by atoms with Gasteiger partial charge < -0.3 is 29.1 Å². The standard InChI is InChI=1S/C24H43N2O7P/c1-2-3-4-5-6-7-8-9-10-11-17-30-19-20-31-21-22-33-34(28,29)32-18-16-26-14-12-23(13-15-26)24(25)27/h12-15H,2-11,16-22H2,1H3,(H2-,25,27,28,29). The van der Waals surface area contributed by atoms with Crippen LogP contribution < -0.4 is 15.2 Å². The summed E-state index contributed by atoms with van der Waals surface area (Å²) in [5.74, 6) is -0.524. The van der Waals surface area contributed by atoms with Crippen molar-refractivity contribution < 1.29 is 37.3 Å². The van der Waals surface area contributed by atoms with E-state index < -0.39 is 13.7 Å². The Bertz CT molecular complexity index is 688. The number of phosphoric acid groups is 1. The fourth-order valence-electron chi connectivity index (χ4n) is 3.29. The lowest BCUT2D eigenvalue weighted by Crippen LogP contribution is -2.35. The minimum absolute atomic E-state index is 0.0883. The van der Waals surface area contributed by atoms with Crippen molar-refractivity contribution in [1.29, 1.82) is 0 Å². The van der Waals surface area contributed by atoms with Gasteiger partial charge >= 0.3 is 0 Å². The highest BCUT2D eigenvalue weighted by atomic mass is 31.2. The Morgan fingerprint density at radius 3 is 1.91 bits per heavy atom. The second kappa shape index (κ2) is 19.9. The summed E-state index contributed by atoms with van der Waals surface area (Å²) in [4.78, 5) is 22.8. The predicted octanol–water partition coefficient (Wildman–Crippen LogP) is 3.53. The Morgan fingerprint density at radius 1 is 0.824 bits per heavy atom. The molecule has 1 heterocycles. The van der Waals surface area contributed by atoms with Crippen molar-refractivity contribution in [2.75, 3.05) is 39.6 Å². The zero-order valence-corrected chi connectivity index (χ0v) is 21.6. The van der Waals surface area contributed by atoms with Gasteiger partial charge in [-0.15, -0.1) is 0 Å². The third-order valence-corrected chi connectivity index (χ3v) is 6.26. The lowest BCUT2D eigenvalue weighted by molar-refractivity contribution is -0.697. The fraction of sp³-hybridized carbons (Fsp3) is 0.750. The molecule has 1 atom stereocenters. The summed E-state index contributed by atoms with van der Waals surface area (Å²) in [5.41, 5.74) is 5.55. The first-order valence-electron chi connectivity index (χ1n) is 12.5. The van der Waals surface area contributed by atoms with Crippen LogP contribution in [0.3, 0.4) is 0 Å². The number of hydrogen-bond donors (Lipinski definition) is 1. The number of unbranched alkanes of at least 4 members (excludes halogenated alkanes) is 9. The van der Waals surface area contributed by atoms with Gasteiger partial charge in [-0.25, -0.2) is 4.57 Å². The van der Waals surface area contributed by atoms with Crippen LogP contribution in [-0.2, 0) is 29.6 Å². The first-order valence-corrected chi connectivity index (χ1v) is 13.9. The lowest BCUT2D eigenvalue weighted by Gasteiger charge is -2.21. The number of rotatable bonds is 23. The molecule has 9 nitrogen and oxygen atoms in total. The van der Waals surface area contributed by atoms with E-state index in [1.165, 1.54) is 57.8 Å². The molecule has 34 heavy (non-hydrogen) atoms. The third kappa shape index (κ3) is 17.1. The van der Waals surface area contributed by atoms with Gasteiger partial charge in [-0.2, -0.15) is 0 Å². The number of nitrogens with two attached hydrogens (primary N) is 1. The monoisotopic (exact) mass is 502 g/mol. The van der Waals surface area contributed by atoms with Gasteiger partial charge in [0.2, 0.25) is 5.91 Å². The average molecular weight is 503 g/mol. The molecule has 0 fully saturated rings. The molecule has 0 saturated carbocycles. The number of primary amides is 1. The summed E-state index contributed by atoms with van der Waals surface area (Å²) in [6.07, 6.45) is 16.2. The van der Waals surface area contributed by atoms with E-state index in [4.69, 9.17) is 24.3 Å². The topological polar surface area (TPSA) is 124 Å². The van der Waals surface area contributed by atoms with Crippen molar-refractivity contribution in [3.8, 4) is 0 Å². The average Bonchev–Trinajstić information content (AvgIpc) is 2.81. The first kappa shape index (κ1) is 30.7. The van der Waals surface area contributed by atoms with Crippen LogP contribution in [0.25, 0.3) is 0 Å². The first-order chi connectivity index (χ1) is 16.4. The number of aromatic nitrogens is 1. The van der Waals surface area contributed by atoms with Gasteiger partial charge in [-0.05, 0) is 6.42 Å². The summed E-state index contributed by atoms with van der Waals surface area (Å²) >= 11 is 0. The Hall–Kier alpha value is -1.35. The second-order valence-corrected chi connectivity index (χ2v) is 9.62. The van der Waals surface area contributed by atoms with Gasteiger partial charge in [0.25, 0.3) is 7.82 Å². The molecule has 0 bridgehead atoms. The Morgan fingerprint density at radius 2 is 1.32 bits per heavy atom. The van der Waals surface area contributed by atoms with Gasteiger partial charge in [0, 0.05) is 18.7 Å². The fourth-order valence-corrected chi connectivity index (χ4v) is 3.97. The SMILES string of the molecule is CCCCCCCCCCCCOCCOCCOP(=O)([O-])OCC[n+]1ccc(C(N)=O)cc1. The molecule has 0 aliphatic heterocycles. The van der Waals surface area contributed by atoms with Crippen LogP contribution in [0.2, 0.25) is 0 Å². The number of carbonyl (C=O) groups excluding carboxylic acids is 1. The van der Waals surface area contributed by atoms with E-state index >= 15 is 0 Å². The highest BCUT2D eigenvalue weighted by Gasteiger charge is 2.11. The maximum absolute atomic E-state index is 11.8. The van der Waals surface area contributed by atoms with Crippen molar-refractivity contribution >= 4 is 13.7 Å². The quantitative estimate of drug-likeness (QED) is 0.138. The summed E-state index contributed by atoms with van der Waals surface area (Å²) < 4.78 is 33.9. The van der Waals surface area contributed by atoms with E-state index in [1.807, 2.05) is 0 Å². The summed E-state index contributed by atoms with van der Waals surface area (Å²) in [6.45, 7) is 4.06. The number of nitrogens with zero attached hydrogens (tertiary/aromatic N) is 1. The number of amides is 1. The number of ether oxygens (including phenoxy) is 2. The molecule has 0 radical (unpaired) electrons. The Kier molecular flexibility index (Phi) is 18.0. The summed E-state index contributed by atoms with van der Waals surface area (Å²) in [6, 6.07) is 3.10. The lowest BCUT2D eigenvalue weighted by atomic mass is 10.1. The van der Waals surface area contributed by atoms with Gasteiger partial charge in [0.05, 0.1) is 32.0 Å². The molecular formula is C24H43N2O7P. The zero-order valence-electron chi connectivity index (χ0n) is 20.7. The number of hydrogen-bond acceptors (Lipinski definition) is 7.